The molecule has 3 heterocycles. The number of ether oxygens (including phenoxy) is 1. The molecule has 1 fully saturated rings. The first kappa shape index (κ1) is 26.1. The van der Waals surface area contributed by atoms with Crippen molar-refractivity contribution in [2.45, 2.75) is 52.3 Å². The summed E-state index contributed by atoms with van der Waals surface area (Å²) in [5.74, 6) is 0.838. The van der Waals surface area contributed by atoms with E-state index in [1.165, 1.54) is 16.1 Å². The number of aliphatic imine (C=N–C) groups is 1. The highest BCUT2D eigenvalue weighted by molar-refractivity contribution is 14.0. The zero-order valence-electron chi connectivity index (χ0n) is 19.5. The molecule has 2 aromatic rings. The molecular weight excluding hydrogens is 523 g/mol. The summed E-state index contributed by atoms with van der Waals surface area (Å²) in [6.07, 6.45) is 1.19. The molecule has 2 aromatic heterocycles. The van der Waals surface area contributed by atoms with E-state index in [1.54, 1.807) is 0 Å². The molecule has 3 rings (SSSR count). The van der Waals surface area contributed by atoms with Gasteiger partial charge in [-0.15, -0.1) is 35.3 Å². The number of nitrogens with zero attached hydrogens (tertiary/aromatic N) is 4. The number of aryl methyl sites for hydroxylation is 2. The van der Waals surface area contributed by atoms with E-state index in [9.17, 15) is 0 Å². The lowest BCUT2D eigenvalue weighted by atomic mass is 10.1. The molecule has 0 bridgehead atoms. The number of nitrogens with one attached hydrogen (secondary N) is 2. The summed E-state index contributed by atoms with van der Waals surface area (Å²) in [7, 11) is 3.83. The number of aromatic nitrogens is 2. The number of halogens is 1. The quantitative estimate of drug-likeness (QED) is 0.309. The summed E-state index contributed by atoms with van der Waals surface area (Å²) in [6, 6.07) is 4.92. The van der Waals surface area contributed by atoms with E-state index in [1.807, 2.05) is 30.1 Å². The number of thiophene rings is 1. The van der Waals surface area contributed by atoms with E-state index in [0.717, 1.165) is 44.3 Å². The SMILES string of the molecule is CN=C(NCC(c1cccs1)N1CCOC(C)C1)NC(C)Cc1c(C)nn(C)c1C.I. The molecule has 1 aliphatic rings. The lowest BCUT2D eigenvalue weighted by molar-refractivity contribution is -0.0334. The third kappa shape index (κ3) is 6.90. The Morgan fingerprint density at radius 1 is 1.42 bits per heavy atom. The van der Waals surface area contributed by atoms with Crippen LogP contribution in [0, 0.1) is 13.8 Å². The van der Waals surface area contributed by atoms with Crippen molar-refractivity contribution in [3.8, 4) is 0 Å². The Balaban J connectivity index is 0.00000341. The summed E-state index contributed by atoms with van der Waals surface area (Å²) in [5.41, 5.74) is 3.64. The topological polar surface area (TPSA) is 66.7 Å². The molecule has 0 radical (unpaired) electrons. The molecular formula is C22H37IN6OS. The van der Waals surface area contributed by atoms with Crippen LogP contribution in [0.25, 0.3) is 0 Å². The van der Waals surface area contributed by atoms with Gasteiger partial charge in [-0.3, -0.25) is 14.6 Å². The van der Waals surface area contributed by atoms with Gasteiger partial charge in [-0.05, 0) is 51.1 Å². The van der Waals surface area contributed by atoms with Crippen LogP contribution in [0.1, 0.15) is 41.7 Å². The number of hydrogen-bond acceptors (Lipinski definition) is 5. The monoisotopic (exact) mass is 560 g/mol. The second kappa shape index (κ2) is 12.2. The molecule has 1 saturated heterocycles. The first-order valence-electron chi connectivity index (χ1n) is 10.7. The van der Waals surface area contributed by atoms with E-state index < -0.39 is 0 Å². The Labute approximate surface area is 207 Å². The van der Waals surface area contributed by atoms with Gasteiger partial charge in [0.2, 0.25) is 0 Å². The summed E-state index contributed by atoms with van der Waals surface area (Å²) in [4.78, 5) is 8.36. The van der Waals surface area contributed by atoms with Crippen molar-refractivity contribution in [2.24, 2.45) is 12.0 Å². The summed E-state index contributed by atoms with van der Waals surface area (Å²) in [5, 5.41) is 13.8. The molecule has 31 heavy (non-hydrogen) atoms. The van der Waals surface area contributed by atoms with Crippen LogP contribution in [0.3, 0.4) is 0 Å². The molecule has 2 N–H and O–H groups in total. The van der Waals surface area contributed by atoms with E-state index >= 15 is 0 Å². The van der Waals surface area contributed by atoms with Gasteiger partial charge < -0.3 is 15.4 Å². The molecule has 0 aromatic carbocycles. The van der Waals surface area contributed by atoms with Crippen LogP contribution in [0.4, 0.5) is 0 Å². The van der Waals surface area contributed by atoms with Gasteiger partial charge in [0.1, 0.15) is 0 Å². The third-order valence-corrected chi connectivity index (χ3v) is 6.80. The van der Waals surface area contributed by atoms with Crippen molar-refractivity contribution in [2.75, 3.05) is 33.3 Å². The Bertz CT molecular complexity index is 837. The van der Waals surface area contributed by atoms with E-state index in [-0.39, 0.29) is 36.1 Å². The third-order valence-electron chi connectivity index (χ3n) is 5.82. The highest BCUT2D eigenvalue weighted by Gasteiger charge is 2.26. The van der Waals surface area contributed by atoms with Crippen molar-refractivity contribution >= 4 is 41.3 Å². The summed E-state index contributed by atoms with van der Waals surface area (Å²) >= 11 is 1.81. The predicted molar refractivity (Wildman–Crippen MR) is 140 cm³/mol. The van der Waals surface area contributed by atoms with Gasteiger partial charge in [-0.2, -0.15) is 5.10 Å². The van der Waals surface area contributed by atoms with Crippen LogP contribution < -0.4 is 10.6 Å². The first-order valence-corrected chi connectivity index (χ1v) is 11.6. The van der Waals surface area contributed by atoms with Crippen molar-refractivity contribution in [3.05, 3.63) is 39.3 Å². The van der Waals surface area contributed by atoms with Gasteiger partial charge in [0.15, 0.2) is 5.96 Å². The number of guanidine groups is 1. The molecule has 1 aliphatic heterocycles. The molecule has 7 nitrogen and oxygen atoms in total. The molecule has 0 amide bonds. The minimum atomic E-state index is 0. The zero-order chi connectivity index (χ0) is 21.7. The Morgan fingerprint density at radius 3 is 2.77 bits per heavy atom. The molecule has 0 spiro atoms. The maximum Gasteiger partial charge on any atom is 0.191 e. The van der Waals surface area contributed by atoms with Gasteiger partial charge in [0.05, 0.1) is 24.4 Å². The minimum Gasteiger partial charge on any atom is -0.376 e. The fraction of sp³-hybridized carbons (Fsp3) is 0.636. The van der Waals surface area contributed by atoms with Gasteiger partial charge in [0.25, 0.3) is 0 Å². The van der Waals surface area contributed by atoms with Crippen LogP contribution in [-0.2, 0) is 18.2 Å². The van der Waals surface area contributed by atoms with Crippen LogP contribution in [-0.4, -0.2) is 66.1 Å². The van der Waals surface area contributed by atoms with Crippen LogP contribution in [0.15, 0.2) is 22.5 Å². The van der Waals surface area contributed by atoms with E-state index in [4.69, 9.17) is 4.74 Å². The summed E-state index contributed by atoms with van der Waals surface area (Å²) < 4.78 is 7.71. The second-order valence-electron chi connectivity index (χ2n) is 8.18. The average molecular weight is 561 g/mol. The second-order valence-corrected chi connectivity index (χ2v) is 9.16. The maximum absolute atomic E-state index is 5.75. The molecule has 0 saturated carbocycles. The minimum absolute atomic E-state index is 0. The molecule has 9 heteroatoms. The maximum atomic E-state index is 5.75. The standard InChI is InChI=1S/C22H36N6OS.HI/c1-15(12-19-17(3)26-27(6)18(19)4)25-22(23-5)24-13-20(21-8-7-11-30-21)28-9-10-29-16(2)14-28;/h7-8,11,15-16,20H,9-10,12-14H2,1-6H3,(H2,23,24,25);1H. The lowest BCUT2D eigenvalue weighted by Gasteiger charge is -2.37. The average Bonchev–Trinajstić information content (AvgIpc) is 3.32. The van der Waals surface area contributed by atoms with Gasteiger partial charge in [-0.1, -0.05) is 6.07 Å². The fourth-order valence-electron chi connectivity index (χ4n) is 4.11. The number of rotatable bonds is 7. The normalized spacial score (nSPS) is 19.5. The van der Waals surface area contributed by atoms with Crippen molar-refractivity contribution < 1.29 is 4.74 Å². The highest BCUT2D eigenvalue weighted by Crippen LogP contribution is 2.26. The van der Waals surface area contributed by atoms with Gasteiger partial charge >= 0.3 is 0 Å². The van der Waals surface area contributed by atoms with Crippen molar-refractivity contribution in [3.63, 3.8) is 0 Å². The zero-order valence-corrected chi connectivity index (χ0v) is 22.7. The van der Waals surface area contributed by atoms with Crippen LogP contribution in [0.2, 0.25) is 0 Å². The van der Waals surface area contributed by atoms with Crippen LogP contribution in [0.5, 0.6) is 0 Å². The Hall–Kier alpha value is -1.17. The fourth-order valence-corrected chi connectivity index (χ4v) is 4.97. The van der Waals surface area contributed by atoms with Gasteiger partial charge in [-0.25, -0.2) is 0 Å². The molecule has 0 aliphatic carbocycles. The lowest BCUT2D eigenvalue weighted by Crippen LogP contribution is -2.49. The van der Waals surface area contributed by atoms with E-state index in [2.05, 4.69) is 70.8 Å². The van der Waals surface area contributed by atoms with Crippen LogP contribution >= 0.6 is 35.3 Å². The Kier molecular flexibility index (Phi) is 10.2. The molecule has 174 valence electrons. The number of morpholine rings is 1. The molecule has 3 unspecified atom stereocenters. The Morgan fingerprint density at radius 2 is 2.19 bits per heavy atom. The first-order chi connectivity index (χ1) is 14.4. The van der Waals surface area contributed by atoms with E-state index in [0.29, 0.717) is 6.04 Å². The molecule has 3 atom stereocenters. The highest BCUT2D eigenvalue weighted by atomic mass is 127. The predicted octanol–water partition coefficient (Wildman–Crippen LogP) is 3.27. The van der Waals surface area contributed by atoms with Crippen molar-refractivity contribution in [1.29, 1.82) is 0 Å². The largest absolute Gasteiger partial charge is 0.376 e. The van der Waals surface area contributed by atoms with Gasteiger partial charge in [0, 0.05) is 50.3 Å². The summed E-state index contributed by atoms with van der Waals surface area (Å²) in [6.45, 7) is 12.1. The van der Waals surface area contributed by atoms with Crippen molar-refractivity contribution in [1.82, 2.24) is 25.3 Å². The smallest absolute Gasteiger partial charge is 0.191 e. The number of hydrogen-bond donors (Lipinski definition) is 2.